The summed E-state index contributed by atoms with van der Waals surface area (Å²) in [4.78, 5) is 0. The summed E-state index contributed by atoms with van der Waals surface area (Å²) in [7, 11) is 0. The molecule has 2 rings (SSSR count). The molecule has 3 nitrogen and oxygen atoms in total. The van der Waals surface area contributed by atoms with Crippen molar-refractivity contribution in [3.05, 3.63) is 51.8 Å². The number of benzene rings is 2. The zero-order valence-electron chi connectivity index (χ0n) is 21.6. The Morgan fingerprint density at radius 1 is 0.484 bits per heavy atom. The highest BCUT2D eigenvalue weighted by molar-refractivity contribution is 5.79. The van der Waals surface area contributed by atoms with Gasteiger partial charge in [-0.1, -0.05) is 118 Å². The quantitative estimate of drug-likeness (QED) is 0.507. The number of hydrogen-bond donors (Lipinski definition) is 0. The van der Waals surface area contributed by atoms with Gasteiger partial charge in [-0.25, -0.2) is 0 Å². The third-order valence-corrected chi connectivity index (χ3v) is 5.73. The average Bonchev–Trinajstić information content (AvgIpc) is 2.53. The average molecular weight is 423 g/mol. The van der Waals surface area contributed by atoms with Gasteiger partial charge in [0.1, 0.15) is 0 Å². The number of hydrogen-bond acceptors (Lipinski definition) is 2. The lowest BCUT2D eigenvalue weighted by molar-refractivity contribution is -0.268. The molecule has 31 heavy (non-hydrogen) atoms. The summed E-state index contributed by atoms with van der Waals surface area (Å²) in [5.74, 6) is -0.197. The third kappa shape index (κ3) is 5.56. The molecule has 0 radical (unpaired) electrons. The second-order valence-corrected chi connectivity index (χ2v) is 12.9. The van der Waals surface area contributed by atoms with E-state index in [-0.39, 0.29) is 33.2 Å². The van der Waals surface area contributed by atoms with Crippen LogP contribution >= 0.6 is 0 Å². The Labute approximate surface area is 189 Å². The monoisotopic (exact) mass is 422 g/mol. The van der Waals surface area contributed by atoms with E-state index >= 15 is 0 Å². The predicted octanol–water partition coefficient (Wildman–Crippen LogP) is 7.36. The minimum Gasteiger partial charge on any atom is -0.873 e. The molecular formula is C28H40NO2-3. The van der Waals surface area contributed by atoms with Crippen LogP contribution in [0.5, 0.6) is 11.5 Å². The summed E-state index contributed by atoms with van der Waals surface area (Å²) in [6.45, 7) is 25.0. The molecule has 3 heteroatoms. The zero-order valence-corrected chi connectivity index (χ0v) is 21.6. The van der Waals surface area contributed by atoms with Gasteiger partial charge >= 0.3 is 0 Å². The Hall–Kier alpha value is -2.16. The zero-order chi connectivity index (χ0) is 24.2. The SMILES string of the molecule is CC(C)(C)c1cc([N-]c2cc(C(C)(C)C)cc(C(C)(C)C)c2[O-])c([O-])c(C(C)(C)C)c1. The fourth-order valence-electron chi connectivity index (χ4n) is 3.50. The Morgan fingerprint density at radius 3 is 1.00 bits per heavy atom. The molecule has 2 aromatic rings. The van der Waals surface area contributed by atoms with Gasteiger partial charge in [-0.15, -0.1) is 22.9 Å². The third-order valence-electron chi connectivity index (χ3n) is 5.73. The molecule has 0 aliphatic rings. The first-order valence-electron chi connectivity index (χ1n) is 11.2. The van der Waals surface area contributed by atoms with Gasteiger partial charge in [0, 0.05) is 0 Å². The van der Waals surface area contributed by atoms with Crippen LogP contribution in [0.3, 0.4) is 0 Å². The van der Waals surface area contributed by atoms with Crippen molar-refractivity contribution >= 4 is 11.4 Å². The van der Waals surface area contributed by atoms with Gasteiger partial charge in [0.2, 0.25) is 0 Å². The summed E-state index contributed by atoms with van der Waals surface area (Å²) < 4.78 is 0. The molecule has 0 amide bonds. The second kappa shape index (κ2) is 7.76. The van der Waals surface area contributed by atoms with E-state index in [1.807, 2.05) is 65.8 Å². The minimum absolute atomic E-state index is 0.0987. The molecule has 0 aromatic heterocycles. The van der Waals surface area contributed by atoms with Crippen molar-refractivity contribution in [2.75, 3.05) is 0 Å². The normalized spacial score (nSPS) is 13.4. The molecule has 0 aliphatic heterocycles. The van der Waals surface area contributed by atoms with Crippen molar-refractivity contribution in [2.24, 2.45) is 0 Å². The van der Waals surface area contributed by atoms with Crippen molar-refractivity contribution in [3.63, 3.8) is 0 Å². The molecule has 0 atom stereocenters. The van der Waals surface area contributed by atoms with Crippen molar-refractivity contribution in [1.82, 2.24) is 0 Å². The van der Waals surface area contributed by atoms with Crippen LogP contribution in [-0.2, 0) is 21.7 Å². The van der Waals surface area contributed by atoms with Crippen LogP contribution in [0.4, 0.5) is 11.4 Å². The van der Waals surface area contributed by atoms with Crippen molar-refractivity contribution < 1.29 is 10.2 Å². The first-order valence-corrected chi connectivity index (χ1v) is 11.2. The molecule has 0 unspecified atom stereocenters. The topological polar surface area (TPSA) is 60.2 Å². The maximum Gasteiger partial charge on any atom is -0.0132 e. The van der Waals surface area contributed by atoms with E-state index in [0.717, 1.165) is 22.3 Å². The van der Waals surface area contributed by atoms with E-state index in [1.54, 1.807) is 0 Å². The Bertz CT molecular complexity index is 879. The van der Waals surface area contributed by atoms with Gasteiger partial charge in [-0.2, -0.15) is 0 Å². The van der Waals surface area contributed by atoms with Gasteiger partial charge in [-0.3, -0.25) is 0 Å². The van der Waals surface area contributed by atoms with Crippen molar-refractivity contribution in [2.45, 2.75) is 105 Å². The molecule has 0 aliphatic carbocycles. The number of rotatable bonds is 2. The number of nitrogens with zero attached hydrogens (tertiary/aromatic N) is 1. The van der Waals surface area contributed by atoms with Crippen LogP contribution in [-0.4, -0.2) is 0 Å². The van der Waals surface area contributed by atoms with E-state index in [9.17, 15) is 10.2 Å². The van der Waals surface area contributed by atoms with Gasteiger partial charge < -0.3 is 15.5 Å². The van der Waals surface area contributed by atoms with Crippen LogP contribution in [0, 0.1) is 0 Å². The van der Waals surface area contributed by atoms with E-state index in [1.165, 1.54) is 0 Å². The highest BCUT2D eigenvalue weighted by Crippen LogP contribution is 2.49. The second-order valence-electron chi connectivity index (χ2n) is 12.9. The Balaban J connectivity index is 2.78. The van der Waals surface area contributed by atoms with E-state index in [2.05, 4.69) is 41.5 Å². The van der Waals surface area contributed by atoms with Crippen molar-refractivity contribution in [3.8, 4) is 11.5 Å². The fourth-order valence-corrected chi connectivity index (χ4v) is 3.50. The van der Waals surface area contributed by atoms with Crippen molar-refractivity contribution in [1.29, 1.82) is 0 Å². The molecule has 2 aromatic carbocycles. The van der Waals surface area contributed by atoms with Gasteiger partial charge in [0.25, 0.3) is 0 Å². The van der Waals surface area contributed by atoms with E-state index in [0.29, 0.717) is 11.4 Å². The fraction of sp³-hybridized carbons (Fsp3) is 0.571. The minimum atomic E-state index is -0.313. The van der Waals surface area contributed by atoms with E-state index < -0.39 is 0 Å². The lowest BCUT2D eigenvalue weighted by Gasteiger charge is -2.41. The highest BCUT2D eigenvalue weighted by atomic mass is 16.3. The Morgan fingerprint density at radius 2 is 0.774 bits per heavy atom. The lowest BCUT2D eigenvalue weighted by atomic mass is 9.79. The van der Waals surface area contributed by atoms with Gasteiger partial charge in [-0.05, 0) is 32.8 Å². The first kappa shape index (κ1) is 25.1. The van der Waals surface area contributed by atoms with Gasteiger partial charge in [0.15, 0.2) is 0 Å². The molecular weight excluding hydrogens is 382 g/mol. The van der Waals surface area contributed by atoms with Crippen LogP contribution in [0.2, 0.25) is 0 Å². The standard InChI is InChI=1S/C28H42NO2/c1-25(2,3)17-13-19(27(7,8)9)23(30)21(15-17)29-22-16-18(26(4,5)6)14-20(24(22)31)28(10,11)12/h13-16,30-31H,1-12H3/q-1/p-2. The molecule has 0 N–H and O–H groups in total. The maximum absolute atomic E-state index is 13.4. The smallest absolute Gasteiger partial charge is 0.0132 e. The van der Waals surface area contributed by atoms with Crippen LogP contribution in [0.15, 0.2) is 24.3 Å². The summed E-state index contributed by atoms with van der Waals surface area (Å²) in [6.07, 6.45) is 0. The highest BCUT2D eigenvalue weighted by Gasteiger charge is 2.22. The largest absolute Gasteiger partial charge is 0.873 e. The summed E-state index contributed by atoms with van der Waals surface area (Å²) in [5, 5.41) is 31.5. The van der Waals surface area contributed by atoms with Crippen LogP contribution in [0.1, 0.15) is 105 Å². The van der Waals surface area contributed by atoms with Gasteiger partial charge in [0.05, 0.1) is 0 Å². The Kier molecular flexibility index (Phi) is 6.28. The molecule has 0 saturated carbocycles. The summed E-state index contributed by atoms with van der Waals surface area (Å²) in [5.41, 5.74) is 3.35. The summed E-state index contributed by atoms with van der Waals surface area (Å²) in [6, 6.07) is 7.73. The molecule has 0 saturated heterocycles. The molecule has 172 valence electrons. The molecule has 0 fully saturated rings. The molecule has 0 spiro atoms. The van der Waals surface area contributed by atoms with Crippen LogP contribution < -0.4 is 10.2 Å². The predicted molar refractivity (Wildman–Crippen MR) is 129 cm³/mol. The van der Waals surface area contributed by atoms with Crippen LogP contribution in [0.25, 0.3) is 5.32 Å². The maximum atomic E-state index is 13.4. The lowest BCUT2D eigenvalue weighted by Crippen LogP contribution is -2.19. The first-order chi connectivity index (χ1) is 13.7. The van der Waals surface area contributed by atoms with E-state index in [4.69, 9.17) is 5.32 Å². The molecule has 0 bridgehead atoms. The molecule has 0 heterocycles. The summed E-state index contributed by atoms with van der Waals surface area (Å²) >= 11 is 0.